The number of benzene rings is 3. The molecule has 0 fully saturated rings. The minimum absolute atomic E-state index is 0.0759. The van der Waals surface area contributed by atoms with E-state index in [1.807, 2.05) is 0 Å². The Morgan fingerprint density at radius 3 is 2.53 bits per heavy atom. The van der Waals surface area contributed by atoms with Crippen molar-refractivity contribution in [2.24, 2.45) is 0 Å². The summed E-state index contributed by atoms with van der Waals surface area (Å²) < 4.78 is 33.4. The average Bonchev–Trinajstić information content (AvgIpc) is 2.79. The van der Waals surface area contributed by atoms with Gasteiger partial charge in [0.2, 0.25) is 5.91 Å². The fourth-order valence-electron chi connectivity index (χ4n) is 3.04. The molecule has 0 saturated carbocycles. The van der Waals surface area contributed by atoms with E-state index in [1.165, 1.54) is 12.1 Å². The first-order chi connectivity index (χ1) is 15.3. The zero-order valence-electron chi connectivity index (χ0n) is 17.5. The highest BCUT2D eigenvalue weighted by Gasteiger charge is 2.28. The van der Waals surface area contributed by atoms with Crippen LogP contribution in [0.1, 0.15) is 5.56 Å². The first-order valence-corrected chi connectivity index (χ1v) is 11.6. The normalized spacial score (nSPS) is 10.9. The van der Waals surface area contributed by atoms with Crippen LogP contribution in [-0.2, 0) is 14.8 Å². The second-order valence-electron chi connectivity index (χ2n) is 6.88. The van der Waals surface area contributed by atoms with Gasteiger partial charge in [0.25, 0.3) is 10.0 Å². The summed E-state index contributed by atoms with van der Waals surface area (Å²) in [7, 11) is -4.02. The molecular formula is C24H23ClN2O4S. The largest absolute Gasteiger partial charge is 0.489 e. The molecule has 3 aromatic rings. The van der Waals surface area contributed by atoms with Crippen molar-refractivity contribution < 1.29 is 17.9 Å². The van der Waals surface area contributed by atoms with Gasteiger partial charge in [-0.05, 0) is 48.9 Å². The Hall–Kier alpha value is -3.29. The van der Waals surface area contributed by atoms with E-state index in [0.29, 0.717) is 34.3 Å². The van der Waals surface area contributed by atoms with Crippen molar-refractivity contribution in [1.29, 1.82) is 0 Å². The molecule has 0 saturated heterocycles. The van der Waals surface area contributed by atoms with E-state index in [-0.39, 0.29) is 4.90 Å². The van der Waals surface area contributed by atoms with E-state index in [1.54, 1.807) is 73.7 Å². The van der Waals surface area contributed by atoms with Gasteiger partial charge < -0.3 is 10.1 Å². The quantitative estimate of drug-likeness (QED) is 0.444. The summed E-state index contributed by atoms with van der Waals surface area (Å²) in [5.41, 5.74) is 1.37. The van der Waals surface area contributed by atoms with Crippen molar-refractivity contribution in [3.05, 3.63) is 96.0 Å². The Morgan fingerprint density at radius 2 is 1.81 bits per heavy atom. The summed E-state index contributed by atoms with van der Waals surface area (Å²) in [5.74, 6) is 0.0481. The molecule has 3 aromatic carbocycles. The molecule has 0 bridgehead atoms. The van der Waals surface area contributed by atoms with Gasteiger partial charge in [0.05, 0.1) is 10.6 Å². The lowest BCUT2D eigenvalue weighted by Crippen LogP contribution is -2.38. The lowest BCUT2D eigenvalue weighted by Gasteiger charge is -2.26. The minimum Gasteiger partial charge on any atom is -0.489 e. The number of rotatable bonds is 9. The molecule has 0 radical (unpaired) electrons. The van der Waals surface area contributed by atoms with Crippen LogP contribution in [0.25, 0.3) is 0 Å². The third-order valence-corrected chi connectivity index (χ3v) is 6.80. The lowest BCUT2D eigenvalue weighted by molar-refractivity contribution is -0.114. The molecule has 0 heterocycles. The summed E-state index contributed by atoms with van der Waals surface area (Å²) in [6.07, 6.45) is 1.62. The number of carbonyl (C=O) groups excluding carboxylic acids is 1. The van der Waals surface area contributed by atoms with Gasteiger partial charge >= 0.3 is 0 Å². The molecule has 1 N–H and O–H groups in total. The molecule has 3 rings (SSSR count). The van der Waals surface area contributed by atoms with Gasteiger partial charge in [-0.3, -0.25) is 9.10 Å². The second kappa shape index (κ2) is 10.3. The van der Waals surface area contributed by atoms with E-state index >= 15 is 0 Å². The van der Waals surface area contributed by atoms with Gasteiger partial charge in [0.1, 0.15) is 18.9 Å². The predicted molar refractivity (Wildman–Crippen MR) is 128 cm³/mol. The summed E-state index contributed by atoms with van der Waals surface area (Å²) in [5, 5.41) is 3.14. The molecule has 0 atom stereocenters. The highest BCUT2D eigenvalue weighted by molar-refractivity contribution is 7.92. The van der Waals surface area contributed by atoms with Crippen molar-refractivity contribution in [2.45, 2.75) is 11.8 Å². The zero-order chi connectivity index (χ0) is 23.1. The number of ether oxygens (including phenoxy) is 1. The minimum atomic E-state index is -4.02. The van der Waals surface area contributed by atoms with Crippen LogP contribution in [0.2, 0.25) is 5.02 Å². The third kappa shape index (κ3) is 5.49. The Labute approximate surface area is 193 Å². The fraction of sp³-hybridized carbons (Fsp3) is 0.125. The maximum Gasteiger partial charge on any atom is 0.264 e. The summed E-state index contributed by atoms with van der Waals surface area (Å²) in [6, 6.07) is 19.7. The van der Waals surface area contributed by atoms with Crippen molar-refractivity contribution in [3.8, 4) is 5.75 Å². The molecule has 166 valence electrons. The van der Waals surface area contributed by atoms with Gasteiger partial charge in [-0.25, -0.2) is 8.42 Å². The summed E-state index contributed by atoms with van der Waals surface area (Å²) in [6.45, 7) is 5.21. The third-order valence-electron chi connectivity index (χ3n) is 4.61. The molecule has 0 unspecified atom stereocenters. The number of carbonyl (C=O) groups is 1. The Bertz CT molecular complexity index is 1210. The number of hydrogen-bond donors (Lipinski definition) is 1. The van der Waals surface area contributed by atoms with Crippen molar-refractivity contribution in [1.82, 2.24) is 0 Å². The van der Waals surface area contributed by atoms with Gasteiger partial charge in [-0.15, -0.1) is 0 Å². The number of nitrogens with one attached hydrogen (secondary N) is 1. The molecule has 8 heteroatoms. The summed E-state index contributed by atoms with van der Waals surface area (Å²) >= 11 is 6.24. The SMILES string of the molecule is C=CCOc1cccc(NC(=O)CN(c2cccc(Cl)c2C)S(=O)(=O)c2ccccc2)c1. The van der Waals surface area contributed by atoms with E-state index in [2.05, 4.69) is 11.9 Å². The van der Waals surface area contributed by atoms with Crippen LogP contribution in [0.3, 0.4) is 0 Å². The van der Waals surface area contributed by atoms with Crippen LogP contribution >= 0.6 is 11.6 Å². The molecule has 6 nitrogen and oxygen atoms in total. The fourth-order valence-corrected chi connectivity index (χ4v) is 4.70. The maximum atomic E-state index is 13.4. The molecule has 0 aliphatic carbocycles. The Morgan fingerprint density at radius 1 is 1.09 bits per heavy atom. The average molecular weight is 471 g/mol. The smallest absolute Gasteiger partial charge is 0.264 e. The number of nitrogens with zero attached hydrogens (tertiary/aromatic N) is 1. The van der Waals surface area contributed by atoms with E-state index in [9.17, 15) is 13.2 Å². The van der Waals surface area contributed by atoms with Crippen molar-refractivity contribution in [3.63, 3.8) is 0 Å². The maximum absolute atomic E-state index is 13.4. The molecule has 0 aliphatic rings. The highest BCUT2D eigenvalue weighted by Crippen LogP contribution is 2.31. The van der Waals surface area contributed by atoms with Crippen LogP contribution in [-0.4, -0.2) is 27.5 Å². The molecule has 0 aromatic heterocycles. The number of anilines is 2. The molecule has 1 amide bonds. The first-order valence-electron chi connectivity index (χ1n) is 9.79. The van der Waals surface area contributed by atoms with E-state index in [4.69, 9.17) is 16.3 Å². The zero-order valence-corrected chi connectivity index (χ0v) is 19.1. The lowest BCUT2D eigenvalue weighted by atomic mass is 10.2. The topological polar surface area (TPSA) is 75.7 Å². The van der Waals surface area contributed by atoms with E-state index in [0.717, 1.165) is 4.31 Å². The molecule has 0 aliphatic heterocycles. The highest BCUT2D eigenvalue weighted by atomic mass is 35.5. The van der Waals surface area contributed by atoms with Crippen LogP contribution in [0.5, 0.6) is 5.75 Å². The number of sulfonamides is 1. The number of halogens is 1. The van der Waals surface area contributed by atoms with Crippen LogP contribution < -0.4 is 14.4 Å². The monoisotopic (exact) mass is 470 g/mol. The van der Waals surface area contributed by atoms with Crippen LogP contribution in [0, 0.1) is 6.92 Å². The predicted octanol–water partition coefficient (Wildman–Crippen LogP) is 5.05. The molecule has 32 heavy (non-hydrogen) atoms. The number of amides is 1. The Kier molecular flexibility index (Phi) is 7.56. The number of hydrogen-bond acceptors (Lipinski definition) is 4. The summed E-state index contributed by atoms with van der Waals surface area (Å²) in [4.78, 5) is 13.0. The van der Waals surface area contributed by atoms with Crippen molar-refractivity contribution in [2.75, 3.05) is 22.8 Å². The second-order valence-corrected chi connectivity index (χ2v) is 9.15. The van der Waals surface area contributed by atoms with Gasteiger partial charge in [0.15, 0.2) is 0 Å². The standard InChI is InChI=1S/C24H23ClN2O4S/c1-3-15-31-20-10-7-9-19(16-20)26-24(28)17-27(23-14-8-13-22(25)18(23)2)32(29,30)21-11-5-4-6-12-21/h3-14,16H,1,15,17H2,2H3,(H,26,28). The van der Waals surface area contributed by atoms with E-state index < -0.39 is 22.5 Å². The molecule has 0 spiro atoms. The Balaban J connectivity index is 1.92. The van der Waals surface area contributed by atoms with Crippen LogP contribution in [0.15, 0.2) is 90.3 Å². The van der Waals surface area contributed by atoms with Crippen LogP contribution in [0.4, 0.5) is 11.4 Å². The van der Waals surface area contributed by atoms with Crippen molar-refractivity contribution >= 4 is 38.9 Å². The van der Waals surface area contributed by atoms with Gasteiger partial charge in [-0.1, -0.05) is 54.6 Å². The first kappa shape index (κ1) is 23.4. The van der Waals surface area contributed by atoms with Gasteiger partial charge in [0, 0.05) is 16.8 Å². The van der Waals surface area contributed by atoms with Gasteiger partial charge in [-0.2, -0.15) is 0 Å². The molecular weight excluding hydrogens is 448 g/mol.